The van der Waals surface area contributed by atoms with Crippen LogP contribution >= 0.6 is 15.9 Å². The Morgan fingerprint density at radius 2 is 2.08 bits per heavy atom. The highest BCUT2D eigenvalue weighted by Crippen LogP contribution is 2.31. The molecule has 0 spiro atoms. The molecule has 1 aromatic rings. The molecule has 12 heavy (non-hydrogen) atoms. The maximum absolute atomic E-state index is 12.7. The molecular weight excluding hydrogens is 232 g/mol. The van der Waals surface area contributed by atoms with E-state index in [2.05, 4.69) is 15.9 Å². The largest absolute Gasteiger partial charge is 0.506 e. The molecule has 0 bridgehead atoms. The van der Waals surface area contributed by atoms with E-state index in [1.54, 1.807) is 0 Å². The molecular formula is C7H6BrF2NO. The Bertz CT molecular complexity index is 317. The summed E-state index contributed by atoms with van der Waals surface area (Å²) in [6, 6.07) is 0.870. The molecule has 2 nitrogen and oxygen atoms in total. The average molecular weight is 238 g/mol. The number of rotatable bonds is 1. The van der Waals surface area contributed by atoms with Crippen LogP contribution in [-0.4, -0.2) is 5.11 Å². The zero-order valence-electron chi connectivity index (χ0n) is 5.94. The van der Waals surface area contributed by atoms with Crippen molar-refractivity contribution in [1.29, 1.82) is 0 Å². The molecule has 0 saturated carbocycles. The maximum Gasteiger partial charge on any atom is 0.176 e. The van der Waals surface area contributed by atoms with E-state index in [1.807, 2.05) is 0 Å². The van der Waals surface area contributed by atoms with Gasteiger partial charge in [-0.1, -0.05) is 0 Å². The highest BCUT2D eigenvalue weighted by atomic mass is 79.9. The van der Waals surface area contributed by atoms with Crippen molar-refractivity contribution < 1.29 is 13.9 Å². The molecule has 0 heterocycles. The lowest BCUT2D eigenvalue weighted by atomic mass is 10.2. The molecule has 1 rings (SSSR count). The monoisotopic (exact) mass is 237 g/mol. The average Bonchev–Trinajstić information content (AvgIpc) is 2.08. The van der Waals surface area contributed by atoms with Crippen LogP contribution in [0, 0.1) is 11.6 Å². The second kappa shape index (κ2) is 3.37. The first-order valence-corrected chi connectivity index (χ1v) is 3.92. The zero-order valence-corrected chi connectivity index (χ0v) is 7.53. The standard InChI is InChI=1S/C7H6BrF2NO/c8-5-6(10)4(9)1-3(2-11)7(5)12/h1,12H,2,11H2. The maximum atomic E-state index is 12.7. The molecule has 1 aromatic carbocycles. The van der Waals surface area contributed by atoms with Gasteiger partial charge in [0, 0.05) is 12.1 Å². The van der Waals surface area contributed by atoms with Gasteiger partial charge in [0.15, 0.2) is 11.6 Å². The van der Waals surface area contributed by atoms with Crippen LogP contribution in [0.4, 0.5) is 8.78 Å². The van der Waals surface area contributed by atoms with Gasteiger partial charge in [-0.2, -0.15) is 0 Å². The van der Waals surface area contributed by atoms with Crippen molar-refractivity contribution in [3.8, 4) is 5.75 Å². The fourth-order valence-corrected chi connectivity index (χ4v) is 1.23. The zero-order chi connectivity index (χ0) is 9.30. The fourth-order valence-electron chi connectivity index (χ4n) is 0.790. The Kier molecular flexibility index (Phi) is 2.64. The van der Waals surface area contributed by atoms with E-state index in [9.17, 15) is 8.78 Å². The van der Waals surface area contributed by atoms with Gasteiger partial charge >= 0.3 is 0 Å². The van der Waals surface area contributed by atoms with Crippen molar-refractivity contribution in [3.63, 3.8) is 0 Å². The van der Waals surface area contributed by atoms with Crippen molar-refractivity contribution in [2.45, 2.75) is 6.54 Å². The molecule has 0 amide bonds. The first-order valence-electron chi connectivity index (χ1n) is 3.13. The van der Waals surface area contributed by atoms with Gasteiger partial charge in [-0.3, -0.25) is 0 Å². The molecule has 0 radical (unpaired) electrons. The van der Waals surface area contributed by atoms with Crippen molar-refractivity contribution >= 4 is 15.9 Å². The number of aromatic hydroxyl groups is 1. The Balaban J connectivity index is 3.39. The minimum absolute atomic E-state index is 0.0400. The quantitative estimate of drug-likeness (QED) is 0.734. The van der Waals surface area contributed by atoms with Crippen molar-refractivity contribution in [1.82, 2.24) is 0 Å². The van der Waals surface area contributed by atoms with E-state index in [1.165, 1.54) is 0 Å². The number of halogens is 3. The Hall–Kier alpha value is -0.680. The number of hydrogen-bond acceptors (Lipinski definition) is 2. The minimum Gasteiger partial charge on any atom is -0.506 e. The van der Waals surface area contributed by atoms with Crippen molar-refractivity contribution in [2.75, 3.05) is 0 Å². The molecule has 3 N–H and O–H groups in total. The third-order valence-electron chi connectivity index (χ3n) is 1.44. The summed E-state index contributed by atoms with van der Waals surface area (Å²) in [7, 11) is 0. The summed E-state index contributed by atoms with van der Waals surface area (Å²) in [5.41, 5.74) is 5.34. The lowest BCUT2D eigenvalue weighted by Gasteiger charge is -2.05. The molecule has 0 fully saturated rings. The number of phenolic OH excluding ortho intramolecular Hbond substituents is 1. The third kappa shape index (κ3) is 1.42. The summed E-state index contributed by atoms with van der Waals surface area (Å²) in [6.45, 7) is -0.0400. The van der Waals surface area contributed by atoms with E-state index in [0.29, 0.717) is 0 Å². The normalized spacial score (nSPS) is 10.3. The highest BCUT2D eigenvalue weighted by Gasteiger charge is 2.14. The molecule has 5 heteroatoms. The molecule has 0 unspecified atom stereocenters. The van der Waals surface area contributed by atoms with Crippen molar-refractivity contribution in [2.24, 2.45) is 5.73 Å². The summed E-state index contributed by atoms with van der Waals surface area (Å²) in [5.74, 6) is -2.48. The van der Waals surface area contributed by atoms with Gasteiger partial charge in [0.05, 0.1) is 4.47 Å². The summed E-state index contributed by atoms with van der Waals surface area (Å²) in [4.78, 5) is 0. The Morgan fingerprint density at radius 3 is 2.58 bits per heavy atom. The van der Waals surface area contributed by atoms with Gasteiger partial charge in [0.25, 0.3) is 0 Å². The SMILES string of the molecule is NCc1cc(F)c(F)c(Br)c1O. The Morgan fingerprint density at radius 1 is 1.50 bits per heavy atom. The molecule has 66 valence electrons. The molecule has 0 aliphatic carbocycles. The van der Waals surface area contributed by atoms with Crippen LogP contribution in [0.2, 0.25) is 0 Å². The van der Waals surface area contributed by atoms with Crippen molar-refractivity contribution in [3.05, 3.63) is 27.7 Å². The topological polar surface area (TPSA) is 46.2 Å². The Labute approximate surface area is 76.1 Å². The molecule has 0 aliphatic heterocycles. The van der Waals surface area contributed by atoms with Crippen LogP contribution in [-0.2, 0) is 6.54 Å². The van der Waals surface area contributed by atoms with Gasteiger partial charge in [0.1, 0.15) is 5.75 Å². The van der Waals surface area contributed by atoms with Crippen LogP contribution in [0.3, 0.4) is 0 Å². The first kappa shape index (κ1) is 9.41. The van der Waals surface area contributed by atoms with Gasteiger partial charge in [-0.25, -0.2) is 8.78 Å². The van der Waals surface area contributed by atoms with E-state index in [0.717, 1.165) is 6.07 Å². The van der Waals surface area contributed by atoms with E-state index >= 15 is 0 Å². The molecule has 0 saturated heterocycles. The molecule has 0 aromatic heterocycles. The smallest absolute Gasteiger partial charge is 0.176 e. The highest BCUT2D eigenvalue weighted by molar-refractivity contribution is 9.10. The van der Waals surface area contributed by atoms with Crippen LogP contribution < -0.4 is 5.73 Å². The minimum atomic E-state index is -1.11. The second-order valence-corrected chi connectivity index (χ2v) is 2.99. The predicted octanol–water partition coefficient (Wildman–Crippen LogP) is 1.89. The third-order valence-corrected chi connectivity index (χ3v) is 2.16. The van der Waals surface area contributed by atoms with E-state index < -0.39 is 11.6 Å². The van der Waals surface area contributed by atoms with Crippen LogP contribution in [0.15, 0.2) is 10.5 Å². The van der Waals surface area contributed by atoms with Crippen LogP contribution in [0.25, 0.3) is 0 Å². The number of phenols is 1. The van der Waals surface area contributed by atoms with Gasteiger partial charge in [-0.15, -0.1) is 0 Å². The first-order chi connectivity index (χ1) is 5.57. The summed E-state index contributed by atoms with van der Waals surface area (Å²) < 4.78 is 25.0. The fraction of sp³-hybridized carbons (Fsp3) is 0.143. The lowest BCUT2D eigenvalue weighted by molar-refractivity contribution is 0.441. The molecule has 0 atom stereocenters. The van der Waals surface area contributed by atoms with Crippen LogP contribution in [0.1, 0.15) is 5.56 Å². The van der Waals surface area contributed by atoms with Gasteiger partial charge in [0.2, 0.25) is 0 Å². The van der Waals surface area contributed by atoms with Gasteiger partial charge in [-0.05, 0) is 22.0 Å². The summed E-state index contributed by atoms with van der Waals surface area (Å²) in [6.07, 6.45) is 0. The number of benzene rings is 1. The van der Waals surface area contributed by atoms with Crippen LogP contribution in [0.5, 0.6) is 5.75 Å². The molecule has 0 aliphatic rings. The van der Waals surface area contributed by atoms with E-state index in [4.69, 9.17) is 10.8 Å². The summed E-state index contributed by atoms with van der Waals surface area (Å²) >= 11 is 2.70. The second-order valence-electron chi connectivity index (χ2n) is 2.20. The van der Waals surface area contributed by atoms with E-state index in [-0.39, 0.29) is 22.3 Å². The predicted molar refractivity (Wildman–Crippen MR) is 43.6 cm³/mol. The van der Waals surface area contributed by atoms with Gasteiger partial charge < -0.3 is 10.8 Å². The number of nitrogens with two attached hydrogens (primary N) is 1. The lowest BCUT2D eigenvalue weighted by Crippen LogP contribution is -1.99. The number of hydrogen-bond donors (Lipinski definition) is 2. The summed E-state index contributed by atoms with van der Waals surface area (Å²) in [5, 5.41) is 9.17.